The highest BCUT2D eigenvalue weighted by atomic mass is 32.2. The largest absolute Gasteiger partial charge is 0.497 e. The fourth-order valence-electron chi connectivity index (χ4n) is 3.76. The molecule has 0 radical (unpaired) electrons. The summed E-state index contributed by atoms with van der Waals surface area (Å²) in [7, 11) is 1.60. The molecule has 1 aliphatic heterocycles. The minimum atomic E-state index is -0.116. The molecule has 31 heavy (non-hydrogen) atoms. The number of amides is 1. The summed E-state index contributed by atoms with van der Waals surface area (Å²) >= 11 is 1.27. The van der Waals surface area contributed by atoms with Crippen LogP contribution < -0.4 is 15.0 Å². The SMILES string of the molecule is COc1ccc2nc(SCC(=O)Nc3ccccc3N3CCCCC3)c(C#N)cc2c1. The number of nitrogens with one attached hydrogen (secondary N) is 1. The molecule has 0 atom stereocenters. The maximum Gasteiger partial charge on any atom is 0.234 e. The zero-order valence-electron chi connectivity index (χ0n) is 17.4. The average molecular weight is 433 g/mol. The first-order chi connectivity index (χ1) is 15.2. The molecule has 0 bridgehead atoms. The molecule has 1 aromatic heterocycles. The Morgan fingerprint density at radius 3 is 2.77 bits per heavy atom. The van der Waals surface area contributed by atoms with Gasteiger partial charge in [0.25, 0.3) is 0 Å². The highest BCUT2D eigenvalue weighted by Crippen LogP contribution is 2.30. The number of fused-ring (bicyclic) bond motifs is 1. The standard InChI is InChI=1S/C24H24N4O2S/c1-30-19-9-10-20-17(14-19)13-18(15-25)24(27-20)31-16-23(29)26-21-7-3-4-8-22(21)28-11-5-2-6-12-28/h3-4,7-10,13-14H,2,5-6,11-12,16H2,1H3,(H,26,29). The van der Waals surface area contributed by atoms with E-state index in [2.05, 4.69) is 27.3 Å². The van der Waals surface area contributed by atoms with E-state index in [1.807, 2.05) is 36.4 Å². The first-order valence-corrected chi connectivity index (χ1v) is 11.3. The Morgan fingerprint density at radius 1 is 1.19 bits per heavy atom. The number of nitriles is 1. The third-order valence-electron chi connectivity index (χ3n) is 5.32. The number of hydrogen-bond donors (Lipinski definition) is 1. The van der Waals surface area contributed by atoms with Gasteiger partial charge in [-0.05, 0) is 55.7 Å². The van der Waals surface area contributed by atoms with E-state index in [4.69, 9.17) is 4.74 Å². The van der Waals surface area contributed by atoms with E-state index >= 15 is 0 Å². The van der Waals surface area contributed by atoms with Gasteiger partial charge in [0.05, 0.1) is 35.3 Å². The number of hydrogen-bond acceptors (Lipinski definition) is 6. The minimum Gasteiger partial charge on any atom is -0.497 e. The average Bonchev–Trinajstić information content (AvgIpc) is 2.82. The smallest absolute Gasteiger partial charge is 0.234 e. The number of nitrogens with zero attached hydrogens (tertiary/aromatic N) is 3. The van der Waals surface area contributed by atoms with E-state index in [-0.39, 0.29) is 11.7 Å². The van der Waals surface area contributed by atoms with Crippen LogP contribution in [0, 0.1) is 11.3 Å². The van der Waals surface area contributed by atoms with Crippen molar-refractivity contribution in [3.8, 4) is 11.8 Å². The van der Waals surface area contributed by atoms with Crippen molar-refractivity contribution in [1.82, 2.24) is 4.98 Å². The number of benzene rings is 2. The highest BCUT2D eigenvalue weighted by molar-refractivity contribution is 8.00. The minimum absolute atomic E-state index is 0.116. The molecule has 0 spiro atoms. The number of para-hydroxylation sites is 2. The molecular weight excluding hydrogens is 408 g/mol. The molecule has 6 nitrogen and oxygen atoms in total. The van der Waals surface area contributed by atoms with E-state index in [0.717, 1.165) is 35.4 Å². The predicted molar refractivity (Wildman–Crippen MR) is 125 cm³/mol. The molecule has 158 valence electrons. The van der Waals surface area contributed by atoms with Gasteiger partial charge in [0.15, 0.2) is 0 Å². The van der Waals surface area contributed by atoms with Crippen molar-refractivity contribution in [2.24, 2.45) is 0 Å². The number of ether oxygens (including phenoxy) is 1. The van der Waals surface area contributed by atoms with Gasteiger partial charge in [0.2, 0.25) is 5.91 Å². The fraction of sp³-hybridized carbons (Fsp3) is 0.292. The second-order valence-electron chi connectivity index (χ2n) is 7.41. The van der Waals surface area contributed by atoms with Gasteiger partial charge in [-0.25, -0.2) is 4.98 Å². The molecular formula is C24H24N4O2S. The number of anilines is 2. The molecule has 4 rings (SSSR count). The van der Waals surface area contributed by atoms with Crippen LogP contribution in [0.3, 0.4) is 0 Å². The van der Waals surface area contributed by atoms with Crippen molar-refractivity contribution < 1.29 is 9.53 Å². The van der Waals surface area contributed by atoms with Gasteiger partial charge in [0, 0.05) is 18.5 Å². The van der Waals surface area contributed by atoms with Gasteiger partial charge in [-0.2, -0.15) is 5.26 Å². The number of piperidine rings is 1. The number of rotatable bonds is 6. The molecule has 1 fully saturated rings. The summed E-state index contributed by atoms with van der Waals surface area (Å²) in [5.41, 5.74) is 3.11. The molecule has 7 heteroatoms. The number of carbonyl (C=O) groups excluding carboxylic acids is 1. The molecule has 1 amide bonds. The lowest BCUT2D eigenvalue weighted by Gasteiger charge is -2.30. The van der Waals surface area contributed by atoms with Crippen LogP contribution >= 0.6 is 11.8 Å². The van der Waals surface area contributed by atoms with Gasteiger partial charge in [-0.15, -0.1) is 0 Å². The van der Waals surface area contributed by atoms with E-state index in [9.17, 15) is 10.1 Å². The lowest BCUT2D eigenvalue weighted by molar-refractivity contribution is -0.113. The zero-order valence-corrected chi connectivity index (χ0v) is 18.2. The van der Waals surface area contributed by atoms with Crippen LogP contribution in [0.4, 0.5) is 11.4 Å². The number of pyridine rings is 1. The van der Waals surface area contributed by atoms with Gasteiger partial charge in [-0.3, -0.25) is 4.79 Å². The Bertz CT molecular complexity index is 1140. The van der Waals surface area contributed by atoms with Crippen molar-refractivity contribution >= 4 is 39.9 Å². The van der Waals surface area contributed by atoms with Crippen LogP contribution in [0.25, 0.3) is 10.9 Å². The highest BCUT2D eigenvalue weighted by Gasteiger charge is 2.16. The van der Waals surface area contributed by atoms with Crippen molar-refractivity contribution in [3.63, 3.8) is 0 Å². The van der Waals surface area contributed by atoms with Crippen LogP contribution in [0.1, 0.15) is 24.8 Å². The molecule has 1 saturated heterocycles. The summed E-state index contributed by atoms with van der Waals surface area (Å²) in [6.45, 7) is 2.03. The second kappa shape index (κ2) is 9.71. The second-order valence-corrected chi connectivity index (χ2v) is 8.38. The number of aromatic nitrogens is 1. The molecule has 0 saturated carbocycles. The Morgan fingerprint density at radius 2 is 2.00 bits per heavy atom. The normalized spacial score (nSPS) is 13.6. The molecule has 2 heterocycles. The third-order valence-corrected chi connectivity index (χ3v) is 6.31. The van der Waals surface area contributed by atoms with Gasteiger partial charge < -0.3 is 15.0 Å². The summed E-state index contributed by atoms with van der Waals surface area (Å²) < 4.78 is 5.24. The number of carbonyl (C=O) groups is 1. The van der Waals surface area contributed by atoms with Crippen LogP contribution in [-0.4, -0.2) is 36.8 Å². The van der Waals surface area contributed by atoms with Gasteiger partial charge in [0.1, 0.15) is 16.8 Å². The first-order valence-electron chi connectivity index (χ1n) is 10.3. The molecule has 1 N–H and O–H groups in total. The molecule has 1 aliphatic rings. The van der Waals surface area contributed by atoms with Crippen molar-refractivity contribution in [2.75, 3.05) is 36.2 Å². The Kier molecular flexibility index (Phi) is 6.58. The maximum absolute atomic E-state index is 12.7. The summed E-state index contributed by atoms with van der Waals surface area (Å²) in [4.78, 5) is 19.6. The molecule has 0 unspecified atom stereocenters. The van der Waals surface area contributed by atoms with E-state index in [0.29, 0.717) is 16.3 Å². The lowest BCUT2D eigenvalue weighted by atomic mass is 10.1. The summed E-state index contributed by atoms with van der Waals surface area (Å²) in [6, 6.07) is 17.4. The van der Waals surface area contributed by atoms with Crippen LogP contribution in [0.5, 0.6) is 5.75 Å². The van der Waals surface area contributed by atoms with Crippen LogP contribution in [-0.2, 0) is 4.79 Å². The lowest BCUT2D eigenvalue weighted by Crippen LogP contribution is -2.30. The van der Waals surface area contributed by atoms with Crippen LogP contribution in [0.2, 0.25) is 0 Å². The topological polar surface area (TPSA) is 78.2 Å². The zero-order chi connectivity index (χ0) is 21.6. The summed E-state index contributed by atoms with van der Waals surface area (Å²) in [5, 5.41) is 14.0. The Labute approximate surface area is 186 Å². The Balaban J connectivity index is 1.47. The summed E-state index contributed by atoms with van der Waals surface area (Å²) in [6.07, 6.45) is 3.61. The maximum atomic E-state index is 12.7. The van der Waals surface area contributed by atoms with E-state index in [1.165, 1.54) is 31.0 Å². The number of methoxy groups -OCH3 is 1. The predicted octanol–water partition coefficient (Wildman–Crippen LogP) is 4.84. The van der Waals surface area contributed by atoms with Crippen molar-refractivity contribution in [1.29, 1.82) is 5.26 Å². The summed E-state index contributed by atoms with van der Waals surface area (Å²) in [5.74, 6) is 0.776. The van der Waals surface area contributed by atoms with Crippen molar-refractivity contribution in [2.45, 2.75) is 24.3 Å². The molecule has 0 aliphatic carbocycles. The molecule has 3 aromatic rings. The third kappa shape index (κ3) is 4.92. The Hall–Kier alpha value is -3.24. The monoisotopic (exact) mass is 432 g/mol. The van der Waals surface area contributed by atoms with Crippen LogP contribution in [0.15, 0.2) is 53.6 Å². The molecule has 2 aromatic carbocycles. The van der Waals surface area contributed by atoms with Crippen molar-refractivity contribution in [3.05, 3.63) is 54.1 Å². The number of thioether (sulfide) groups is 1. The first kappa shape index (κ1) is 21.0. The van der Waals surface area contributed by atoms with E-state index < -0.39 is 0 Å². The quantitative estimate of drug-likeness (QED) is 0.562. The van der Waals surface area contributed by atoms with Gasteiger partial charge >= 0.3 is 0 Å². The fourth-order valence-corrected chi connectivity index (χ4v) is 4.53. The van der Waals surface area contributed by atoms with Gasteiger partial charge in [-0.1, -0.05) is 23.9 Å². The van der Waals surface area contributed by atoms with E-state index in [1.54, 1.807) is 13.2 Å².